The van der Waals surface area contributed by atoms with Gasteiger partial charge in [-0.1, -0.05) is 103 Å². The van der Waals surface area contributed by atoms with Crippen LogP contribution in [0.1, 0.15) is 5.56 Å². The van der Waals surface area contributed by atoms with Gasteiger partial charge in [0, 0.05) is 16.8 Å². The predicted molar refractivity (Wildman–Crippen MR) is 132 cm³/mol. The Morgan fingerprint density at radius 1 is 0.484 bits per heavy atom. The van der Waals surface area contributed by atoms with Gasteiger partial charge in [0.15, 0.2) is 0 Å². The van der Waals surface area contributed by atoms with Gasteiger partial charge >= 0.3 is 0 Å². The standard InChI is InChI=1S/C29H24N2/c1-20-12-14-23(15-13-20)28-26(21-8-4-2-5-9-21)27(22-10-6-3-7-11-22)29(31-28)24-16-18-25(30)19-17-24/h2-19,31H,30H2,1H3. The van der Waals surface area contributed by atoms with Crippen molar-refractivity contribution in [3.8, 4) is 44.8 Å². The van der Waals surface area contributed by atoms with E-state index in [2.05, 4.69) is 109 Å². The molecule has 3 N–H and O–H groups in total. The minimum absolute atomic E-state index is 0.763. The van der Waals surface area contributed by atoms with Crippen LogP contribution >= 0.6 is 0 Å². The molecule has 0 aliphatic rings. The SMILES string of the molecule is Cc1ccc(-c2[nH]c(-c3ccc(N)cc3)c(-c3ccccc3)c2-c2ccccc2)cc1. The van der Waals surface area contributed by atoms with Crippen LogP contribution in [-0.2, 0) is 0 Å². The number of aryl methyl sites for hydroxylation is 1. The second kappa shape index (κ2) is 8.00. The van der Waals surface area contributed by atoms with Crippen LogP contribution in [0.3, 0.4) is 0 Å². The molecular weight excluding hydrogens is 376 g/mol. The molecule has 0 spiro atoms. The Labute approximate surface area is 183 Å². The molecule has 0 atom stereocenters. The number of nitrogens with two attached hydrogens (primary N) is 1. The lowest BCUT2D eigenvalue weighted by Crippen LogP contribution is -1.87. The molecule has 2 heteroatoms. The quantitative estimate of drug-likeness (QED) is 0.300. The lowest BCUT2D eigenvalue weighted by atomic mass is 9.91. The van der Waals surface area contributed by atoms with Crippen molar-refractivity contribution in [3.05, 3.63) is 115 Å². The zero-order valence-electron chi connectivity index (χ0n) is 17.5. The fourth-order valence-electron chi connectivity index (χ4n) is 4.09. The van der Waals surface area contributed by atoms with E-state index in [0.29, 0.717) is 0 Å². The molecule has 0 amide bonds. The molecule has 0 aliphatic carbocycles. The summed E-state index contributed by atoms with van der Waals surface area (Å²) in [6.45, 7) is 2.12. The number of rotatable bonds is 4. The largest absolute Gasteiger partial charge is 0.399 e. The Bertz CT molecular complexity index is 1190. The van der Waals surface area contributed by atoms with Crippen molar-refractivity contribution in [2.45, 2.75) is 6.92 Å². The molecule has 0 unspecified atom stereocenters. The van der Waals surface area contributed by atoms with Gasteiger partial charge in [-0.05, 0) is 41.3 Å². The summed E-state index contributed by atoms with van der Waals surface area (Å²) in [4.78, 5) is 3.78. The Balaban J connectivity index is 1.87. The fourth-order valence-corrected chi connectivity index (χ4v) is 4.09. The highest BCUT2D eigenvalue weighted by Gasteiger charge is 2.22. The van der Waals surface area contributed by atoms with Gasteiger partial charge < -0.3 is 10.7 Å². The van der Waals surface area contributed by atoms with Gasteiger partial charge in [0.05, 0.1) is 11.4 Å². The van der Waals surface area contributed by atoms with Crippen molar-refractivity contribution in [2.75, 3.05) is 5.73 Å². The van der Waals surface area contributed by atoms with Gasteiger partial charge in [-0.25, -0.2) is 0 Å². The summed E-state index contributed by atoms with van der Waals surface area (Å²) >= 11 is 0. The summed E-state index contributed by atoms with van der Waals surface area (Å²) in [5.74, 6) is 0. The maximum absolute atomic E-state index is 5.98. The molecule has 5 aromatic rings. The molecule has 1 heterocycles. The summed E-state index contributed by atoms with van der Waals surface area (Å²) in [6.07, 6.45) is 0. The molecule has 0 radical (unpaired) electrons. The van der Waals surface area contributed by atoms with Crippen LogP contribution in [-0.4, -0.2) is 4.98 Å². The first kappa shape index (κ1) is 19.0. The molecule has 0 aliphatic heterocycles. The van der Waals surface area contributed by atoms with E-state index >= 15 is 0 Å². The number of anilines is 1. The number of benzene rings is 4. The van der Waals surface area contributed by atoms with Crippen molar-refractivity contribution in [1.82, 2.24) is 4.98 Å². The topological polar surface area (TPSA) is 41.8 Å². The smallest absolute Gasteiger partial charge is 0.0544 e. The number of nitrogens with one attached hydrogen (secondary N) is 1. The monoisotopic (exact) mass is 400 g/mol. The van der Waals surface area contributed by atoms with Crippen LogP contribution in [0.4, 0.5) is 5.69 Å². The van der Waals surface area contributed by atoms with Gasteiger partial charge in [-0.15, -0.1) is 0 Å². The van der Waals surface area contributed by atoms with Crippen molar-refractivity contribution >= 4 is 5.69 Å². The van der Waals surface area contributed by atoms with Crippen LogP contribution in [0, 0.1) is 6.92 Å². The van der Waals surface area contributed by atoms with Crippen molar-refractivity contribution < 1.29 is 0 Å². The van der Waals surface area contributed by atoms with Crippen LogP contribution in [0.25, 0.3) is 44.8 Å². The maximum Gasteiger partial charge on any atom is 0.0544 e. The molecule has 150 valence electrons. The van der Waals surface area contributed by atoms with Gasteiger partial charge in [-0.2, -0.15) is 0 Å². The Kier molecular flexibility index (Phi) is 4.89. The zero-order chi connectivity index (χ0) is 21.2. The van der Waals surface area contributed by atoms with Crippen LogP contribution in [0.2, 0.25) is 0 Å². The van der Waals surface area contributed by atoms with Gasteiger partial charge in [0.25, 0.3) is 0 Å². The van der Waals surface area contributed by atoms with E-state index in [1.165, 1.54) is 33.4 Å². The maximum atomic E-state index is 5.98. The molecule has 2 nitrogen and oxygen atoms in total. The fraction of sp³-hybridized carbons (Fsp3) is 0.0345. The van der Waals surface area contributed by atoms with Gasteiger partial charge in [0.1, 0.15) is 0 Å². The van der Waals surface area contributed by atoms with Crippen LogP contribution in [0.15, 0.2) is 109 Å². The zero-order valence-corrected chi connectivity index (χ0v) is 17.5. The molecule has 0 bridgehead atoms. The van der Waals surface area contributed by atoms with E-state index in [0.717, 1.165) is 22.6 Å². The number of hydrogen-bond donors (Lipinski definition) is 2. The van der Waals surface area contributed by atoms with E-state index < -0.39 is 0 Å². The van der Waals surface area contributed by atoms with Crippen molar-refractivity contribution in [2.24, 2.45) is 0 Å². The van der Waals surface area contributed by atoms with E-state index in [4.69, 9.17) is 5.73 Å². The highest BCUT2D eigenvalue weighted by atomic mass is 14.7. The lowest BCUT2D eigenvalue weighted by molar-refractivity contribution is 1.38. The minimum Gasteiger partial charge on any atom is -0.399 e. The predicted octanol–water partition coefficient (Wildman–Crippen LogP) is 7.57. The van der Waals surface area contributed by atoms with E-state index in [1.54, 1.807) is 0 Å². The molecule has 31 heavy (non-hydrogen) atoms. The first-order valence-corrected chi connectivity index (χ1v) is 10.5. The number of hydrogen-bond acceptors (Lipinski definition) is 1. The molecule has 1 aromatic heterocycles. The molecule has 0 saturated heterocycles. The molecular formula is C29H24N2. The van der Waals surface area contributed by atoms with E-state index in [9.17, 15) is 0 Å². The number of H-pyrrole nitrogens is 1. The Morgan fingerprint density at radius 3 is 1.35 bits per heavy atom. The van der Waals surface area contributed by atoms with Crippen molar-refractivity contribution in [1.29, 1.82) is 0 Å². The number of aromatic amines is 1. The summed E-state index contributed by atoms with van der Waals surface area (Å²) in [5.41, 5.74) is 17.3. The number of nitrogen functional groups attached to an aromatic ring is 1. The van der Waals surface area contributed by atoms with E-state index in [-0.39, 0.29) is 0 Å². The van der Waals surface area contributed by atoms with Crippen molar-refractivity contribution in [3.63, 3.8) is 0 Å². The second-order valence-corrected chi connectivity index (χ2v) is 7.85. The Hall–Kier alpha value is -4.04. The van der Waals surface area contributed by atoms with Gasteiger partial charge in [0.2, 0.25) is 0 Å². The second-order valence-electron chi connectivity index (χ2n) is 7.85. The third kappa shape index (κ3) is 3.64. The first-order chi connectivity index (χ1) is 15.2. The minimum atomic E-state index is 0.763. The molecule has 0 fully saturated rings. The molecule has 0 saturated carbocycles. The van der Waals surface area contributed by atoms with Crippen LogP contribution < -0.4 is 5.73 Å². The highest BCUT2D eigenvalue weighted by Crippen LogP contribution is 2.46. The summed E-state index contributed by atoms with van der Waals surface area (Å²) in [6, 6.07) is 38.0. The molecule has 4 aromatic carbocycles. The Morgan fingerprint density at radius 2 is 0.903 bits per heavy atom. The van der Waals surface area contributed by atoms with Gasteiger partial charge in [-0.3, -0.25) is 0 Å². The summed E-state index contributed by atoms with van der Waals surface area (Å²) in [7, 11) is 0. The average Bonchev–Trinajstić information content (AvgIpc) is 3.22. The third-order valence-corrected chi connectivity index (χ3v) is 5.66. The molecule has 5 rings (SSSR count). The van der Waals surface area contributed by atoms with E-state index in [1.807, 2.05) is 12.1 Å². The summed E-state index contributed by atoms with van der Waals surface area (Å²) < 4.78 is 0. The highest BCUT2D eigenvalue weighted by molar-refractivity contribution is 6.01. The number of aromatic nitrogens is 1. The lowest BCUT2D eigenvalue weighted by Gasteiger charge is -2.10. The third-order valence-electron chi connectivity index (χ3n) is 5.66. The van der Waals surface area contributed by atoms with Crippen LogP contribution in [0.5, 0.6) is 0 Å². The normalized spacial score (nSPS) is 10.9. The average molecular weight is 401 g/mol. The summed E-state index contributed by atoms with van der Waals surface area (Å²) in [5, 5.41) is 0. The first-order valence-electron chi connectivity index (χ1n) is 10.5.